The lowest BCUT2D eigenvalue weighted by molar-refractivity contribution is 0.178. The minimum absolute atomic E-state index is 0.476. The highest BCUT2D eigenvalue weighted by Crippen LogP contribution is 2.31. The molecule has 0 aliphatic carbocycles. The molecule has 0 bridgehead atoms. The summed E-state index contributed by atoms with van der Waals surface area (Å²) in [5.74, 6) is 1.64. The van der Waals surface area contributed by atoms with Gasteiger partial charge in [-0.1, -0.05) is 12.1 Å². The Kier molecular flexibility index (Phi) is 4.43. The van der Waals surface area contributed by atoms with Gasteiger partial charge in [-0.2, -0.15) is 0 Å². The van der Waals surface area contributed by atoms with Crippen molar-refractivity contribution in [3.63, 3.8) is 0 Å². The molecule has 4 heteroatoms. The second-order valence-electron chi connectivity index (χ2n) is 5.63. The maximum atomic E-state index is 5.83. The molecular formula is C16H24N2O2. The third-order valence-electron chi connectivity index (χ3n) is 4.36. The van der Waals surface area contributed by atoms with Crippen molar-refractivity contribution in [3.8, 4) is 5.75 Å². The van der Waals surface area contributed by atoms with Crippen molar-refractivity contribution >= 4 is 5.69 Å². The van der Waals surface area contributed by atoms with Crippen LogP contribution in [0.15, 0.2) is 24.3 Å². The SMILES string of the molecule is CNC(CN1CCCOc2ccccc21)C1CCOC1. The third kappa shape index (κ3) is 2.91. The molecular weight excluding hydrogens is 252 g/mol. The molecule has 2 aliphatic rings. The van der Waals surface area contributed by atoms with Crippen LogP contribution < -0.4 is 15.0 Å². The molecule has 0 saturated carbocycles. The molecule has 110 valence electrons. The number of ether oxygens (including phenoxy) is 2. The van der Waals surface area contributed by atoms with Crippen LogP contribution in [0.1, 0.15) is 12.8 Å². The van der Waals surface area contributed by atoms with Crippen LogP contribution in [-0.4, -0.2) is 46.0 Å². The van der Waals surface area contributed by atoms with E-state index in [0.29, 0.717) is 12.0 Å². The van der Waals surface area contributed by atoms with E-state index in [1.807, 2.05) is 6.07 Å². The van der Waals surface area contributed by atoms with Gasteiger partial charge in [0.15, 0.2) is 0 Å². The maximum Gasteiger partial charge on any atom is 0.142 e. The lowest BCUT2D eigenvalue weighted by Gasteiger charge is -2.31. The van der Waals surface area contributed by atoms with E-state index in [-0.39, 0.29) is 0 Å². The van der Waals surface area contributed by atoms with Gasteiger partial charge in [-0.25, -0.2) is 0 Å². The number of hydrogen-bond acceptors (Lipinski definition) is 4. The van der Waals surface area contributed by atoms with Crippen LogP contribution in [-0.2, 0) is 4.74 Å². The lowest BCUT2D eigenvalue weighted by atomic mass is 9.98. The molecule has 2 unspecified atom stereocenters. The van der Waals surface area contributed by atoms with E-state index < -0.39 is 0 Å². The molecule has 1 aromatic carbocycles. The Labute approximate surface area is 121 Å². The predicted molar refractivity (Wildman–Crippen MR) is 80.5 cm³/mol. The van der Waals surface area contributed by atoms with E-state index >= 15 is 0 Å². The van der Waals surface area contributed by atoms with E-state index in [1.165, 1.54) is 5.69 Å². The van der Waals surface area contributed by atoms with Gasteiger partial charge in [-0.3, -0.25) is 0 Å². The topological polar surface area (TPSA) is 33.7 Å². The van der Waals surface area contributed by atoms with Crippen LogP contribution >= 0.6 is 0 Å². The summed E-state index contributed by atoms with van der Waals surface area (Å²) in [4.78, 5) is 2.46. The largest absolute Gasteiger partial charge is 0.491 e. The number of nitrogens with one attached hydrogen (secondary N) is 1. The molecule has 1 N–H and O–H groups in total. The zero-order valence-corrected chi connectivity index (χ0v) is 12.2. The molecule has 1 saturated heterocycles. The smallest absolute Gasteiger partial charge is 0.142 e. The highest BCUT2D eigenvalue weighted by Gasteiger charge is 2.27. The molecule has 0 radical (unpaired) electrons. The number of para-hydroxylation sites is 2. The minimum atomic E-state index is 0.476. The predicted octanol–water partition coefficient (Wildman–Crippen LogP) is 1.90. The quantitative estimate of drug-likeness (QED) is 0.911. The van der Waals surface area contributed by atoms with Crippen molar-refractivity contribution in [3.05, 3.63) is 24.3 Å². The second-order valence-corrected chi connectivity index (χ2v) is 5.63. The molecule has 0 spiro atoms. The molecule has 1 fully saturated rings. The first-order chi connectivity index (χ1) is 9.88. The molecule has 4 nitrogen and oxygen atoms in total. The third-order valence-corrected chi connectivity index (χ3v) is 4.36. The second kappa shape index (κ2) is 6.46. The first kappa shape index (κ1) is 13.7. The van der Waals surface area contributed by atoms with Crippen molar-refractivity contribution in [2.75, 3.05) is 44.9 Å². The first-order valence-corrected chi connectivity index (χ1v) is 7.60. The van der Waals surface area contributed by atoms with Crippen molar-refractivity contribution in [2.45, 2.75) is 18.9 Å². The normalized spacial score (nSPS) is 23.9. The minimum Gasteiger partial charge on any atom is -0.491 e. The van der Waals surface area contributed by atoms with Gasteiger partial charge in [-0.05, 0) is 32.0 Å². The highest BCUT2D eigenvalue weighted by atomic mass is 16.5. The zero-order chi connectivity index (χ0) is 13.8. The monoisotopic (exact) mass is 276 g/mol. The maximum absolute atomic E-state index is 5.83. The van der Waals surface area contributed by atoms with Crippen LogP contribution in [0, 0.1) is 5.92 Å². The Morgan fingerprint density at radius 3 is 3.05 bits per heavy atom. The van der Waals surface area contributed by atoms with E-state index in [4.69, 9.17) is 9.47 Å². The number of anilines is 1. The summed E-state index contributed by atoms with van der Waals surface area (Å²) < 4.78 is 11.4. The summed E-state index contributed by atoms with van der Waals surface area (Å²) in [6, 6.07) is 8.85. The van der Waals surface area contributed by atoms with Crippen molar-refractivity contribution < 1.29 is 9.47 Å². The average Bonchev–Trinajstić information content (AvgIpc) is 2.94. The highest BCUT2D eigenvalue weighted by molar-refractivity contribution is 5.59. The van der Waals surface area contributed by atoms with E-state index in [9.17, 15) is 0 Å². The van der Waals surface area contributed by atoms with Crippen LogP contribution in [0.5, 0.6) is 5.75 Å². The van der Waals surface area contributed by atoms with Crippen LogP contribution in [0.4, 0.5) is 5.69 Å². The number of fused-ring (bicyclic) bond motifs is 1. The molecule has 1 aromatic rings. The summed E-state index contributed by atoms with van der Waals surface area (Å²) in [6.45, 7) is 4.68. The van der Waals surface area contributed by atoms with Gasteiger partial charge in [0.1, 0.15) is 5.75 Å². The Balaban J connectivity index is 1.75. The fourth-order valence-electron chi connectivity index (χ4n) is 3.17. The van der Waals surface area contributed by atoms with Crippen LogP contribution in [0.25, 0.3) is 0 Å². The molecule has 20 heavy (non-hydrogen) atoms. The summed E-state index contributed by atoms with van der Waals surface area (Å²) in [5.41, 5.74) is 1.23. The number of rotatable bonds is 4. The Morgan fingerprint density at radius 1 is 1.35 bits per heavy atom. The first-order valence-electron chi connectivity index (χ1n) is 7.60. The van der Waals surface area contributed by atoms with Crippen LogP contribution in [0.3, 0.4) is 0 Å². The lowest BCUT2D eigenvalue weighted by Crippen LogP contribution is -2.44. The van der Waals surface area contributed by atoms with Crippen molar-refractivity contribution in [1.29, 1.82) is 0 Å². The fraction of sp³-hybridized carbons (Fsp3) is 0.625. The number of likely N-dealkylation sites (N-methyl/N-ethyl adjacent to an activating group) is 1. The molecule has 2 atom stereocenters. The number of hydrogen-bond donors (Lipinski definition) is 1. The molecule has 2 aliphatic heterocycles. The van der Waals surface area contributed by atoms with Gasteiger partial charge in [-0.15, -0.1) is 0 Å². The van der Waals surface area contributed by atoms with Gasteiger partial charge in [0.25, 0.3) is 0 Å². The Bertz CT molecular complexity index is 432. The van der Waals surface area contributed by atoms with E-state index in [1.54, 1.807) is 0 Å². The Morgan fingerprint density at radius 2 is 2.25 bits per heavy atom. The molecule has 3 rings (SSSR count). The molecule has 0 amide bonds. The standard InChI is InChI=1S/C16H24N2O2/c1-17-14(13-7-10-19-12-13)11-18-8-4-9-20-16-6-3-2-5-15(16)18/h2-3,5-6,13-14,17H,4,7-12H2,1H3. The summed E-state index contributed by atoms with van der Waals surface area (Å²) in [6.07, 6.45) is 2.24. The van der Waals surface area contributed by atoms with E-state index in [0.717, 1.165) is 51.5 Å². The van der Waals surface area contributed by atoms with Gasteiger partial charge in [0, 0.05) is 31.7 Å². The van der Waals surface area contributed by atoms with Crippen LogP contribution in [0.2, 0.25) is 0 Å². The molecule has 2 heterocycles. The fourth-order valence-corrected chi connectivity index (χ4v) is 3.17. The van der Waals surface area contributed by atoms with Gasteiger partial charge >= 0.3 is 0 Å². The zero-order valence-electron chi connectivity index (χ0n) is 12.2. The van der Waals surface area contributed by atoms with Gasteiger partial charge < -0.3 is 19.7 Å². The molecule has 0 aromatic heterocycles. The van der Waals surface area contributed by atoms with Crippen molar-refractivity contribution in [1.82, 2.24) is 5.32 Å². The summed E-state index contributed by atoms with van der Waals surface area (Å²) in [7, 11) is 2.06. The summed E-state index contributed by atoms with van der Waals surface area (Å²) >= 11 is 0. The number of nitrogens with zero attached hydrogens (tertiary/aromatic N) is 1. The summed E-state index contributed by atoms with van der Waals surface area (Å²) in [5, 5.41) is 3.48. The van der Waals surface area contributed by atoms with Crippen molar-refractivity contribution in [2.24, 2.45) is 5.92 Å². The van der Waals surface area contributed by atoms with Gasteiger partial charge in [0.05, 0.1) is 18.9 Å². The van der Waals surface area contributed by atoms with Gasteiger partial charge in [0.2, 0.25) is 0 Å². The average molecular weight is 276 g/mol. The number of benzene rings is 1. The Hall–Kier alpha value is -1.26. The van der Waals surface area contributed by atoms with E-state index in [2.05, 4.69) is 35.5 Å².